The largest absolute Gasteiger partial charge is 0.493 e. The van der Waals surface area contributed by atoms with Gasteiger partial charge in [-0.25, -0.2) is 4.99 Å². The first-order valence-electron chi connectivity index (χ1n) is 8.28. The SMILES string of the molecule is CCNC(=NCc1ccc(OC)c(OC(F)F)c1)NCCc1cccs1. The van der Waals surface area contributed by atoms with Crippen molar-refractivity contribution in [1.82, 2.24) is 10.6 Å². The fourth-order valence-electron chi connectivity index (χ4n) is 2.28. The number of nitrogens with zero attached hydrogens (tertiary/aromatic N) is 1. The van der Waals surface area contributed by atoms with E-state index in [1.807, 2.05) is 13.0 Å². The molecule has 0 saturated carbocycles. The molecule has 2 rings (SSSR count). The van der Waals surface area contributed by atoms with Gasteiger partial charge in [0.2, 0.25) is 0 Å². The molecule has 0 amide bonds. The van der Waals surface area contributed by atoms with E-state index in [2.05, 4.69) is 31.8 Å². The summed E-state index contributed by atoms with van der Waals surface area (Å²) in [5.41, 5.74) is 0.747. The van der Waals surface area contributed by atoms with Gasteiger partial charge in [-0.1, -0.05) is 12.1 Å². The van der Waals surface area contributed by atoms with Crippen LogP contribution >= 0.6 is 11.3 Å². The second kappa shape index (κ2) is 10.6. The summed E-state index contributed by atoms with van der Waals surface area (Å²) < 4.78 is 34.6. The Kier molecular flexibility index (Phi) is 8.14. The average Bonchev–Trinajstić information content (AvgIpc) is 3.13. The second-order valence-electron chi connectivity index (χ2n) is 5.32. The fraction of sp³-hybridized carbons (Fsp3) is 0.389. The Balaban J connectivity index is 1.98. The van der Waals surface area contributed by atoms with Crippen LogP contribution in [0.1, 0.15) is 17.4 Å². The third-order valence-electron chi connectivity index (χ3n) is 3.45. The highest BCUT2D eigenvalue weighted by molar-refractivity contribution is 7.09. The monoisotopic (exact) mass is 383 g/mol. The molecule has 0 atom stereocenters. The maximum Gasteiger partial charge on any atom is 0.387 e. The molecule has 0 bridgehead atoms. The number of benzene rings is 1. The summed E-state index contributed by atoms with van der Waals surface area (Å²) in [4.78, 5) is 5.80. The summed E-state index contributed by atoms with van der Waals surface area (Å²) in [5, 5.41) is 8.49. The molecule has 0 radical (unpaired) electrons. The quantitative estimate of drug-likeness (QED) is 0.513. The van der Waals surface area contributed by atoms with E-state index >= 15 is 0 Å². The van der Waals surface area contributed by atoms with Gasteiger partial charge in [0.05, 0.1) is 13.7 Å². The molecule has 26 heavy (non-hydrogen) atoms. The van der Waals surface area contributed by atoms with Crippen molar-refractivity contribution in [3.05, 3.63) is 46.2 Å². The van der Waals surface area contributed by atoms with Crippen LogP contribution in [-0.4, -0.2) is 32.8 Å². The van der Waals surface area contributed by atoms with E-state index in [1.54, 1.807) is 23.5 Å². The number of rotatable bonds is 9. The predicted molar refractivity (Wildman–Crippen MR) is 100 cm³/mol. The minimum Gasteiger partial charge on any atom is -0.493 e. The zero-order valence-electron chi connectivity index (χ0n) is 14.8. The van der Waals surface area contributed by atoms with Gasteiger partial charge < -0.3 is 20.1 Å². The highest BCUT2D eigenvalue weighted by Crippen LogP contribution is 2.29. The zero-order chi connectivity index (χ0) is 18.8. The maximum atomic E-state index is 12.5. The molecule has 0 spiro atoms. The van der Waals surface area contributed by atoms with Gasteiger partial charge in [0, 0.05) is 18.0 Å². The smallest absolute Gasteiger partial charge is 0.387 e. The van der Waals surface area contributed by atoms with Crippen LogP contribution in [0.4, 0.5) is 8.78 Å². The van der Waals surface area contributed by atoms with Crippen LogP contribution < -0.4 is 20.1 Å². The topological polar surface area (TPSA) is 54.9 Å². The van der Waals surface area contributed by atoms with Gasteiger partial charge in [-0.3, -0.25) is 0 Å². The van der Waals surface area contributed by atoms with Gasteiger partial charge in [0.1, 0.15) is 0 Å². The number of ether oxygens (including phenoxy) is 2. The molecule has 8 heteroatoms. The molecule has 1 aromatic carbocycles. The van der Waals surface area contributed by atoms with E-state index < -0.39 is 6.61 Å². The van der Waals surface area contributed by atoms with Crippen molar-refractivity contribution >= 4 is 17.3 Å². The Morgan fingerprint density at radius 3 is 2.73 bits per heavy atom. The number of halogens is 2. The lowest BCUT2D eigenvalue weighted by atomic mass is 10.2. The Morgan fingerprint density at radius 2 is 2.08 bits per heavy atom. The summed E-state index contributed by atoms with van der Waals surface area (Å²) in [5.74, 6) is 0.945. The molecular weight excluding hydrogens is 360 g/mol. The Morgan fingerprint density at radius 1 is 1.23 bits per heavy atom. The van der Waals surface area contributed by atoms with E-state index in [-0.39, 0.29) is 11.5 Å². The number of hydrogen-bond acceptors (Lipinski definition) is 4. The minimum atomic E-state index is -2.90. The Hall–Kier alpha value is -2.35. The van der Waals surface area contributed by atoms with Crippen molar-refractivity contribution < 1.29 is 18.3 Å². The molecule has 2 aromatic rings. The van der Waals surface area contributed by atoms with E-state index in [9.17, 15) is 8.78 Å². The lowest BCUT2D eigenvalue weighted by Gasteiger charge is -2.12. The standard InChI is InChI=1S/C18H23F2N3O2S/c1-3-21-18(22-9-8-14-5-4-10-26-14)23-12-13-6-7-15(24-2)16(11-13)25-17(19)20/h4-7,10-11,17H,3,8-9,12H2,1-2H3,(H2,21,22,23). The molecule has 0 fully saturated rings. The predicted octanol–water partition coefficient (Wildman–Crippen LogP) is 3.66. The minimum absolute atomic E-state index is 0.00542. The van der Waals surface area contributed by atoms with Crippen LogP contribution in [0.2, 0.25) is 0 Å². The van der Waals surface area contributed by atoms with Crippen molar-refractivity contribution in [3.63, 3.8) is 0 Å². The van der Waals surface area contributed by atoms with E-state index in [0.29, 0.717) is 12.5 Å². The zero-order valence-corrected chi connectivity index (χ0v) is 15.6. The molecule has 1 aromatic heterocycles. The first-order chi connectivity index (χ1) is 12.6. The fourth-order valence-corrected chi connectivity index (χ4v) is 2.99. The lowest BCUT2D eigenvalue weighted by molar-refractivity contribution is -0.0512. The molecular formula is C18H23F2N3O2S. The normalized spacial score (nSPS) is 11.5. The van der Waals surface area contributed by atoms with Gasteiger partial charge in [-0.15, -0.1) is 11.3 Å². The summed E-state index contributed by atoms with van der Waals surface area (Å²) in [6.07, 6.45) is 0.914. The third kappa shape index (κ3) is 6.51. The number of thiophene rings is 1. The number of alkyl halides is 2. The first-order valence-corrected chi connectivity index (χ1v) is 9.16. The van der Waals surface area contributed by atoms with Crippen molar-refractivity contribution in [1.29, 1.82) is 0 Å². The molecule has 2 N–H and O–H groups in total. The summed E-state index contributed by atoms with van der Waals surface area (Å²) in [6.45, 7) is 0.900. The highest BCUT2D eigenvalue weighted by Gasteiger charge is 2.11. The van der Waals surface area contributed by atoms with Crippen LogP contribution in [-0.2, 0) is 13.0 Å². The van der Waals surface area contributed by atoms with Crippen LogP contribution in [0.15, 0.2) is 40.7 Å². The van der Waals surface area contributed by atoms with Crippen LogP contribution in [0.25, 0.3) is 0 Å². The highest BCUT2D eigenvalue weighted by atomic mass is 32.1. The van der Waals surface area contributed by atoms with Gasteiger partial charge in [0.15, 0.2) is 17.5 Å². The molecule has 0 aliphatic carbocycles. The number of nitrogens with one attached hydrogen (secondary N) is 2. The maximum absolute atomic E-state index is 12.5. The van der Waals surface area contributed by atoms with E-state index in [0.717, 1.165) is 25.1 Å². The molecule has 142 valence electrons. The van der Waals surface area contributed by atoms with Crippen molar-refractivity contribution in [3.8, 4) is 11.5 Å². The molecule has 0 aliphatic rings. The van der Waals surface area contributed by atoms with Gasteiger partial charge >= 0.3 is 6.61 Å². The first kappa shape index (κ1) is 20.0. The van der Waals surface area contributed by atoms with Crippen molar-refractivity contribution in [2.24, 2.45) is 4.99 Å². The second-order valence-corrected chi connectivity index (χ2v) is 6.35. The Bertz CT molecular complexity index is 694. The van der Waals surface area contributed by atoms with Gasteiger partial charge in [-0.05, 0) is 42.5 Å². The number of hydrogen-bond donors (Lipinski definition) is 2. The molecule has 0 aliphatic heterocycles. The molecule has 0 unspecified atom stereocenters. The van der Waals surface area contributed by atoms with Crippen LogP contribution in [0.5, 0.6) is 11.5 Å². The van der Waals surface area contributed by atoms with Crippen LogP contribution in [0.3, 0.4) is 0 Å². The van der Waals surface area contributed by atoms with Gasteiger partial charge in [0.25, 0.3) is 0 Å². The van der Waals surface area contributed by atoms with E-state index in [1.165, 1.54) is 18.1 Å². The van der Waals surface area contributed by atoms with Crippen LogP contribution in [0, 0.1) is 0 Å². The van der Waals surface area contributed by atoms with Gasteiger partial charge in [-0.2, -0.15) is 8.78 Å². The molecule has 5 nitrogen and oxygen atoms in total. The Labute approximate surface area is 156 Å². The number of guanidine groups is 1. The number of methoxy groups -OCH3 is 1. The number of aliphatic imine (C=N–C) groups is 1. The average molecular weight is 383 g/mol. The third-order valence-corrected chi connectivity index (χ3v) is 4.39. The molecule has 1 heterocycles. The van der Waals surface area contributed by atoms with Crippen molar-refractivity contribution in [2.75, 3.05) is 20.2 Å². The summed E-state index contributed by atoms with van der Waals surface area (Å²) >= 11 is 1.72. The van der Waals surface area contributed by atoms with E-state index in [4.69, 9.17) is 4.74 Å². The van der Waals surface area contributed by atoms with Crippen molar-refractivity contribution in [2.45, 2.75) is 26.5 Å². The summed E-state index contributed by atoms with van der Waals surface area (Å²) in [6, 6.07) is 9.01. The summed E-state index contributed by atoms with van der Waals surface area (Å²) in [7, 11) is 1.41. The lowest BCUT2D eigenvalue weighted by Crippen LogP contribution is -2.38. The molecule has 0 saturated heterocycles.